The van der Waals surface area contributed by atoms with Crippen LogP contribution in [0.3, 0.4) is 0 Å². The molecule has 114 valence electrons. The van der Waals surface area contributed by atoms with Crippen molar-refractivity contribution >= 4 is 5.91 Å². The molecule has 21 heavy (non-hydrogen) atoms. The van der Waals surface area contributed by atoms with Gasteiger partial charge in [0.2, 0.25) is 5.91 Å². The van der Waals surface area contributed by atoms with Gasteiger partial charge in [-0.3, -0.25) is 4.79 Å². The van der Waals surface area contributed by atoms with Gasteiger partial charge in [0.05, 0.1) is 24.8 Å². The summed E-state index contributed by atoms with van der Waals surface area (Å²) in [5, 5.41) is 22.0. The zero-order valence-electron chi connectivity index (χ0n) is 12.5. The first-order chi connectivity index (χ1) is 9.99. The highest BCUT2D eigenvalue weighted by Crippen LogP contribution is 2.28. The molecule has 2 aliphatic rings. The highest BCUT2D eigenvalue weighted by molar-refractivity contribution is 5.80. The van der Waals surface area contributed by atoms with E-state index in [1.54, 1.807) is 4.90 Å². The largest absolute Gasteiger partial charge is 0.393 e. The lowest BCUT2D eigenvalue weighted by Gasteiger charge is -2.37. The number of aliphatic hydroxyl groups excluding tert-OH is 1. The van der Waals surface area contributed by atoms with Crippen molar-refractivity contribution in [2.75, 3.05) is 6.54 Å². The molecule has 2 fully saturated rings. The molecule has 2 atom stereocenters. The second-order valence-corrected chi connectivity index (χ2v) is 6.35. The van der Waals surface area contributed by atoms with Crippen molar-refractivity contribution in [3.05, 3.63) is 0 Å². The maximum absolute atomic E-state index is 12.4. The molecule has 2 rings (SSSR count). The lowest BCUT2D eigenvalue weighted by atomic mass is 9.82. The Kier molecular flexibility index (Phi) is 4.88. The van der Waals surface area contributed by atoms with Gasteiger partial charge >= 0.3 is 0 Å². The number of nitriles is 1. The van der Waals surface area contributed by atoms with Crippen LogP contribution in [0.4, 0.5) is 0 Å². The molecule has 5 nitrogen and oxygen atoms in total. The standard InChI is InChI=1S/C16H23N3O2/c1-3-12-4-5-13(10-17)19(12)15(21)11-18-16(2)8-6-14(20)7-9-16/h1,12-14,18,20H,4-9,11H2,2H3/t12-,13?,14?,16?/m1/s1. The molecule has 5 heteroatoms. The normalized spacial score (nSPS) is 36.0. The predicted molar refractivity (Wildman–Crippen MR) is 79.0 cm³/mol. The first kappa shape index (κ1) is 15.8. The van der Waals surface area contributed by atoms with Crippen LogP contribution in [0.2, 0.25) is 0 Å². The van der Waals surface area contributed by atoms with E-state index in [4.69, 9.17) is 11.7 Å². The lowest BCUT2D eigenvalue weighted by Crippen LogP contribution is -2.52. The smallest absolute Gasteiger partial charge is 0.238 e. The fourth-order valence-electron chi connectivity index (χ4n) is 3.25. The Morgan fingerprint density at radius 3 is 2.57 bits per heavy atom. The lowest BCUT2D eigenvalue weighted by molar-refractivity contribution is -0.131. The fourth-order valence-corrected chi connectivity index (χ4v) is 3.25. The summed E-state index contributed by atoms with van der Waals surface area (Å²) < 4.78 is 0. The van der Waals surface area contributed by atoms with E-state index in [1.807, 2.05) is 0 Å². The van der Waals surface area contributed by atoms with Crippen molar-refractivity contribution in [2.24, 2.45) is 0 Å². The molecule has 1 unspecified atom stereocenters. The Hall–Kier alpha value is -1.56. The first-order valence-electron chi connectivity index (χ1n) is 7.59. The second kappa shape index (κ2) is 6.47. The number of hydrogen-bond donors (Lipinski definition) is 2. The summed E-state index contributed by atoms with van der Waals surface area (Å²) in [7, 11) is 0. The number of rotatable bonds is 3. The van der Waals surface area contributed by atoms with Gasteiger partial charge in [-0.2, -0.15) is 5.26 Å². The van der Waals surface area contributed by atoms with Crippen molar-refractivity contribution in [3.63, 3.8) is 0 Å². The minimum absolute atomic E-state index is 0.102. The van der Waals surface area contributed by atoms with Crippen LogP contribution < -0.4 is 5.32 Å². The monoisotopic (exact) mass is 289 g/mol. The van der Waals surface area contributed by atoms with Crippen molar-refractivity contribution in [1.82, 2.24) is 10.2 Å². The van der Waals surface area contributed by atoms with E-state index in [0.717, 1.165) is 25.7 Å². The number of aliphatic hydroxyl groups is 1. The van der Waals surface area contributed by atoms with Gasteiger partial charge in [0.15, 0.2) is 0 Å². The third-order valence-corrected chi connectivity index (χ3v) is 4.74. The Balaban J connectivity index is 1.92. The molecular formula is C16H23N3O2. The number of hydrogen-bond acceptors (Lipinski definition) is 4. The van der Waals surface area contributed by atoms with Crippen LogP contribution in [0.15, 0.2) is 0 Å². The van der Waals surface area contributed by atoms with E-state index in [0.29, 0.717) is 12.8 Å². The Labute approximate surface area is 126 Å². The Morgan fingerprint density at radius 2 is 2.00 bits per heavy atom. The third-order valence-electron chi connectivity index (χ3n) is 4.74. The topological polar surface area (TPSA) is 76.4 Å². The summed E-state index contributed by atoms with van der Waals surface area (Å²) in [5.41, 5.74) is -0.123. The molecule has 0 spiro atoms. The molecule has 0 aromatic rings. The molecule has 2 N–H and O–H groups in total. The van der Waals surface area contributed by atoms with Gasteiger partial charge in [-0.1, -0.05) is 5.92 Å². The van der Waals surface area contributed by atoms with Crippen molar-refractivity contribution in [3.8, 4) is 18.4 Å². The van der Waals surface area contributed by atoms with E-state index in [1.165, 1.54) is 0 Å². The number of nitrogens with one attached hydrogen (secondary N) is 1. The molecule has 1 aliphatic heterocycles. The van der Waals surface area contributed by atoms with Crippen molar-refractivity contribution in [2.45, 2.75) is 69.2 Å². The number of carbonyl (C=O) groups is 1. The number of nitrogens with zero attached hydrogens (tertiary/aromatic N) is 2. The summed E-state index contributed by atoms with van der Waals surface area (Å²) in [4.78, 5) is 14.0. The highest BCUT2D eigenvalue weighted by atomic mass is 16.3. The van der Waals surface area contributed by atoms with Gasteiger partial charge in [0, 0.05) is 5.54 Å². The van der Waals surface area contributed by atoms with Gasteiger partial charge in [-0.25, -0.2) is 0 Å². The molecule has 0 bridgehead atoms. The van der Waals surface area contributed by atoms with Crippen LogP contribution in [0.1, 0.15) is 45.4 Å². The Bertz CT molecular complexity index is 447. The molecule has 0 aromatic heterocycles. The van der Waals surface area contributed by atoms with Crippen molar-refractivity contribution < 1.29 is 9.90 Å². The average Bonchev–Trinajstić information content (AvgIpc) is 2.91. The van der Waals surface area contributed by atoms with Crippen LogP contribution >= 0.6 is 0 Å². The number of amides is 1. The van der Waals surface area contributed by atoms with E-state index >= 15 is 0 Å². The minimum Gasteiger partial charge on any atom is -0.393 e. The number of likely N-dealkylation sites (tertiary alicyclic amines) is 1. The predicted octanol–water partition coefficient (Wildman–Crippen LogP) is 0.786. The Morgan fingerprint density at radius 1 is 1.38 bits per heavy atom. The summed E-state index contributed by atoms with van der Waals surface area (Å²) in [6.07, 6.45) is 9.81. The summed E-state index contributed by atoms with van der Waals surface area (Å²) in [6, 6.07) is 1.50. The van der Waals surface area contributed by atoms with E-state index in [2.05, 4.69) is 24.2 Å². The summed E-state index contributed by atoms with van der Waals surface area (Å²) in [5.74, 6) is 2.50. The number of carbonyl (C=O) groups excluding carboxylic acids is 1. The number of terminal acetylenes is 1. The quantitative estimate of drug-likeness (QED) is 0.753. The van der Waals surface area contributed by atoms with Crippen LogP contribution in [0.25, 0.3) is 0 Å². The fraction of sp³-hybridized carbons (Fsp3) is 0.750. The highest BCUT2D eigenvalue weighted by Gasteiger charge is 2.37. The molecule has 1 aliphatic carbocycles. The molecule has 1 heterocycles. The third kappa shape index (κ3) is 3.56. The molecule has 1 saturated heterocycles. The molecule has 0 aromatic carbocycles. The first-order valence-corrected chi connectivity index (χ1v) is 7.59. The van der Waals surface area contributed by atoms with Crippen LogP contribution in [0, 0.1) is 23.7 Å². The molecule has 1 amide bonds. The van der Waals surface area contributed by atoms with E-state index in [9.17, 15) is 9.90 Å². The maximum atomic E-state index is 12.4. The molecule has 1 saturated carbocycles. The summed E-state index contributed by atoms with van der Waals surface area (Å²) >= 11 is 0. The minimum atomic E-state index is -0.402. The van der Waals surface area contributed by atoms with Gasteiger partial charge < -0.3 is 15.3 Å². The maximum Gasteiger partial charge on any atom is 0.238 e. The second-order valence-electron chi connectivity index (χ2n) is 6.35. The molecule has 0 radical (unpaired) electrons. The van der Waals surface area contributed by atoms with E-state index < -0.39 is 6.04 Å². The van der Waals surface area contributed by atoms with Crippen molar-refractivity contribution in [1.29, 1.82) is 5.26 Å². The van der Waals surface area contributed by atoms with Crippen LogP contribution in [-0.4, -0.2) is 46.2 Å². The SMILES string of the molecule is C#C[C@@H]1CCC(C#N)N1C(=O)CNC1(C)CCC(O)CC1. The van der Waals surface area contributed by atoms with E-state index in [-0.39, 0.29) is 30.1 Å². The van der Waals surface area contributed by atoms with Gasteiger partial charge in [-0.05, 0) is 45.4 Å². The van der Waals surface area contributed by atoms with Gasteiger partial charge in [-0.15, -0.1) is 6.42 Å². The van der Waals surface area contributed by atoms with Crippen LogP contribution in [0.5, 0.6) is 0 Å². The molecular weight excluding hydrogens is 266 g/mol. The van der Waals surface area contributed by atoms with Crippen LogP contribution in [-0.2, 0) is 4.79 Å². The average molecular weight is 289 g/mol. The van der Waals surface area contributed by atoms with Gasteiger partial charge in [0.1, 0.15) is 6.04 Å². The zero-order chi connectivity index (χ0) is 15.5. The van der Waals surface area contributed by atoms with Gasteiger partial charge in [0.25, 0.3) is 0 Å². The zero-order valence-corrected chi connectivity index (χ0v) is 12.5. The summed E-state index contributed by atoms with van der Waals surface area (Å²) in [6.45, 7) is 2.28.